The van der Waals surface area contributed by atoms with Crippen LogP contribution in [0.25, 0.3) is 10.2 Å². The highest BCUT2D eigenvalue weighted by molar-refractivity contribution is 7.89. The van der Waals surface area contributed by atoms with Crippen molar-refractivity contribution in [2.45, 2.75) is 36.6 Å². The smallest absolute Gasteiger partial charge is 0.302 e. The molecule has 28 heavy (non-hydrogen) atoms. The van der Waals surface area contributed by atoms with E-state index >= 15 is 0 Å². The molecule has 0 saturated carbocycles. The van der Waals surface area contributed by atoms with E-state index in [1.54, 1.807) is 47.5 Å². The Morgan fingerprint density at radius 1 is 1.21 bits per heavy atom. The quantitative estimate of drug-likeness (QED) is 0.626. The number of rotatable bonds is 3. The van der Waals surface area contributed by atoms with Gasteiger partial charge in [-0.2, -0.15) is 9.40 Å². The molecule has 10 heteroatoms. The molecular formula is C18H21ClN4O3S2. The normalized spacial score (nSPS) is 19.2. The molecule has 0 aliphatic carbocycles. The van der Waals surface area contributed by atoms with Crippen LogP contribution in [0, 0.1) is 0 Å². The summed E-state index contributed by atoms with van der Waals surface area (Å²) < 4.78 is 32.6. The lowest BCUT2D eigenvalue weighted by Gasteiger charge is -2.29. The third kappa shape index (κ3) is 3.20. The highest BCUT2D eigenvalue weighted by atomic mass is 35.5. The van der Waals surface area contributed by atoms with Gasteiger partial charge in [0.2, 0.25) is 10.0 Å². The maximum Gasteiger partial charge on any atom is 0.307 e. The Kier molecular flexibility index (Phi) is 5.11. The molecule has 1 saturated heterocycles. The summed E-state index contributed by atoms with van der Waals surface area (Å²) in [5.41, 5.74) is 1.45. The van der Waals surface area contributed by atoms with Gasteiger partial charge in [0.15, 0.2) is 0 Å². The average molecular weight is 441 g/mol. The van der Waals surface area contributed by atoms with Gasteiger partial charge in [0.05, 0.1) is 38.1 Å². The van der Waals surface area contributed by atoms with Gasteiger partial charge < -0.3 is 4.57 Å². The first kappa shape index (κ1) is 19.6. The molecule has 4 rings (SSSR count). The van der Waals surface area contributed by atoms with Crippen LogP contribution >= 0.6 is 22.9 Å². The summed E-state index contributed by atoms with van der Waals surface area (Å²) in [4.78, 5) is 12.0. The third-order valence-corrected chi connectivity index (χ3v) is 8.52. The maximum absolute atomic E-state index is 13.6. The first-order chi connectivity index (χ1) is 13.3. The van der Waals surface area contributed by atoms with E-state index in [4.69, 9.17) is 11.6 Å². The van der Waals surface area contributed by atoms with Crippen molar-refractivity contribution in [3.63, 3.8) is 0 Å². The molecule has 0 bridgehead atoms. The largest absolute Gasteiger partial charge is 0.307 e. The Balaban J connectivity index is 1.82. The number of benzene rings is 1. The van der Waals surface area contributed by atoms with Crippen molar-refractivity contribution in [1.82, 2.24) is 18.7 Å². The maximum atomic E-state index is 13.6. The predicted octanol–water partition coefficient (Wildman–Crippen LogP) is 3.29. The SMILES string of the molecule is Cn1ncc(Cl)c1C1CCCCCN1S(=O)(=O)c1ccc2c(c1)sc(=O)n2C. The van der Waals surface area contributed by atoms with E-state index in [-0.39, 0.29) is 15.8 Å². The number of sulfonamides is 1. The molecule has 7 nitrogen and oxygen atoms in total. The topological polar surface area (TPSA) is 77.2 Å². The number of thiazole rings is 1. The Morgan fingerprint density at radius 3 is 2.71 bits per heavy atom. The number of hydrogen-bond acceptors (Lipinski definition) is 5. The zero-order valence-corrected chi connectivity index (χ0v) is 18.0. The molecule has 2 aromatic heterocycles. The summed E-state index contributed by atoms with van der Waals surface area (Å²) in [7, 11) is -0.293. The van der Waals surface area contributed by atoms with E-state index in [9.17, 15) is 13.2 Å². The van der Waals surface area contributed by atoms with Gasteiger partial charge in [0.25, 0.3) is 0 Å². The summed E-state index contributed by atoms with van der Waals surface area (Å²) in [5.74, 6) is 0. The first-order valence-electron chi connectivity index (χ1n) is 9.09. The van der Waals surface area contributed by atoms with Crippen molar-refractivity contribution >= 4 is 43.2 Å². The fraction of sp³-hybridized carbons (Fsp3) is 0.444. The molecule has 0 N–H and O–H groups in total. The van der Waals surface area contributed by atoms with E-state index in [1.165, 1.54) is 4.57 Å². The second kappa shape index (κ2) is 7.29. The summed E-state index contributed by atoms with van der Waals surface area (Å²) >= 11 is 7.40. The minimum atomic E-state index is -3.76. The van der Waals surface area contributed by atoms with Crippen molar-refractivity contribution in [1.29, 1.82) is 0 Å². The summed E-state index contributed by atoms with van der Waals surface area (Å²) in [6.07, 6.45) is 4.94. The van der Waals surface area contributed by atoms with Gasteiger partial charge in [-0.25, -0.2) is 8.42 Å². The number of halogens is 1. The molecule has 1 atom stereocenters. The minimum absolute atomic E-state index is 0.112. The number of hydrogen-bond donors (Lipinski definition) is 0. The van der Waals surface area contributed by atoms with Crippen LogP contribution in [0.15, 0.2) is 34.1 Å². The van der Waals surface area contributed by atoms with Crippen LogP contribution in [0.5, 0.6) is 0 Å². The first-order valence-corrected chi connectivity index (χ1v) is 11.7. The van der Waals surface area contributed by atoms with Gasteiger partial charge in [0, 0.05) is 20.6 Å². The third-order valence-electron chi connectivity index (χ3n) is 5.33. The second-order valence-electron chi connectivity index (χ2n) is 7.04. The van der Waals surface area contributed by atoms with Crippen molar-refractivity contribution < 1.29 is 8.42 Å². The highest BCUT2D eigenvalue weighted by Gasteiger charge is 2.36. The Labute approximate surface area is 172 Å². The molecule has 3 aromatic rings. The zero-order chi connectivity index (χ0) is 20.1. The molecular weight excluding hydrogens is 420 g/mol. The van der Waals surface area contributed by atoms with Crippen molar-refractivity contribution in [2.75, 3.05) is 6.54 Å². The lowest BCUT2D eigenvalue weighted by molar-refractivity contribution is 0.315. The van der Waals surface area contributed by atoms with E-state index in [2.05, 4.69) is 5.10 Å². The minimum Gasteiger partial charge on any atom is -0.302 e. The zero-order valence-electron chi connectivity index (χ0n) is 15.6. The van der Waals surface area contributed by atoms with Crippen LogP contribution in [0.4, 0.5) is 0 Å². The van der Waals surface area contributed by atoms with Gasteiger partial charge in [-0.05, 0) is 31.0 Å². The number of aromatic nitrogens is 3. The number of nitrogens with zero attached hydrogens (tertiary/aromatic N) is 4. The van der Waals surface area contributed by atoms with Crippen LogP contribution < -0.4 is 4.87 Å². The van der Waals surface area contributed by atoms with Gasteiger partial charge in [-0.15, -0.1) is 0 Å². The van der Waals surface area contributed by atoms with Crippen LogP contribution in [-0.2, 0) is 24.1 Å². The van der Waals surface area contributed by atoms with Gasteiger partial charge in [-0.3, -0.25) is 9.48 Å². The number of fused-ring (bicyclic) bond motifs is 1. The van der Waals surface area contributed by atoms with Crippen LogP contribution in [0.1, 0.15) is 37.4 Å². The molecule has 150 valence electrons. The lowest BCUT2D eigenvalue weighted by Crippen LogP contribution is -2.35. The molecule has 0 radical (unpaired) electrons. The monoisotopic (exact) mass is 440 g/mol. The lowest BCUT2D eigenvalue weighted by atomic mass is 10.1. The van der Waals surface area contributed by atoms with Crippen LogP contribution in [-0.4, -0.2) is 33.6 Å². The molecule has 1 aliphatic rings. The second-order valence-corrected chi connectivity index (χ2v) is 10.3. The average Bonchev–Trinajstić information content (AvgIpc) is 3.01. The number of aryl methyl sites for hydroxylation is 2. The van der Waals surface area contributed by atoms with Crippen LogP contribution in [0.3, 0.4) is 0 Å². The van der Waals surface area contributed by atoms with E-state index in [0.717, 1.165) is 41.8 Å². The van der Waals surface area contributed by atoms with E-state index < -0.39 is 10.0 Å². The molecule has 1 aliphatic heterocycles. The molecule has 1 aromatic carbocycles. The molecule has 3 heterocycles. The Morgan fingerprint density at radius 2 is 2.00 bits per heavy atom. The Bertz CT molecular complexity index is 1180. The summed E-state index contributed by atoms with van der Waals surface area (Å²) in [5, 5.41) is 4.67. The van der Waals surface area contributed by atoms with Gasteiger partial charge in [-0.1, -0.05) is 35.8 Å². The predicted molar refractivity (Wildman–Crippen MR) is 110 cm³/mol. The fourth-order valence-corrected chi connectivity index (χ4v) is 6.82. The highest BCUT2D eigenvalue weighted by Crippen LogP contribution is 2.37. The molecule has 1 unspecified atom stereocenters. The Hall–Kier alpha value is -1.68. The van der Waals surface area contributed by atoms with E-state index in [1.807, 2.05) is 0 Å². The van der Waals surface area contributed by atoms with E-state index in [0.29, 0.717) is 22.7 Å². The standard InChI is InChI=1S/C18H21ClN4O3S2/c1-21-14-8-7-12(10-16(14)27-18(21)24)28(25,26)23-9-5-3-4-6-15(23)17-13(19)11-20-22(17)2/h7-8,10-11,15H,3-6,9H2,1-2H3. The van der Waals surface area contributed by atoms with Crippen molar-refractivity contribution in [3.05, 3.63) is 44.8 Å². The van der Waals surface area contributed by atoms with Gasteiger partial charge in [0.1, 0.15) is 0 Å². The fourth-order valence-electron chi connectivity index (χ4n) is 3.85. The summed E-state index contributed by atoms with van der Waals surface area (Å²) in [6.45, 7) is 0.428. The molecule has 0 amide bonds. The van der Waals surface area contributed by atoms with Crippen molar-refractivity contribution in [3.8, 4) is 0 Å². The van der Waals surface area contributed by atoms with Crippen LogP contribution in [0.2, 0.25) is 5.02 Å². The van der Waals surface area contributed by atoms with Crippen molar-refractivity contribution in [2.24, 2.45) is 14.1 Å². The van der Waals surface area contributed by atoms with Gasteiger partial charge >= 0.3 is 4.87 Å². The molecule has 0 spiro atoms. The molecule has 1 fully saturated rings. The summed E-state index contributed by atoms with van der Waals surface area (Å²) in [6, 6.07) is 4.52.